The molecule has 0 aliphatic heterocycles. The Kier molecular flexibility index (Phi) is 4.81. The molecule has 0 atom stereocenters. The monoisotopic (exact) mass is 410 g/mol. The molecule has 0 saturated carbocycles. The fourth-order valence-corrected chi connectivity index (χ4v) is 3.62. The van der Waals surface area contributed by atoms with E-state index < -0.39 is 17.7 Å². The molecule has 7 heteroatoms. The van der Waals surface area contributed by atoms with Gasteiger partial charge in [-0.05, 0) is 66.1 Å². The minimum absolute atomic E-state index is 0.101. The third-order valence-electron chi connectivity index (χ3n) is 5.12. The van der Waals surface area contributed by atoms with E-state index in [1.807, 2.05) is 6.07 Å². The Hall–Kier alpha value is -3.61. The number of benzene rings is 2. The van der Waals surface area contributed by atoms with Gasteiger partial charge in [-0.2, -0.15) is 13.2 Å². The standard InChI is InChI=1S/C23H17F3N2O2/c1-14-4-2-6-20(23(24,25)26)19(14)12-16-13-28(21-18(16)5-3-11-27-21)17-9-7-15(8-10-17)22(29)30/h2-11,13H,12H2,1H3,(H,29,30). The SMILES string of the molecule is Cc1cccc(C(F)(F)F)c1Cc1cn(-c2ccc(C(=O)O)cc2)c2ncccc12. The molecule has 1 N–H and O–H groups in total. The first-order valence-electron chi connectivity index (χ1n) is 9.20. The van der Waals surface area contributed by atoms with Gasteiger partial charge in [0.15, 0.2) is 0 Å². The summed E-state index contributed by atoms with van der Waals surface area (Å²) in [4.78, 5) is 15.5. The molecule has 4 rings (SSSR count). The molecule has 30 heavy (non-hydrogen) atoms. The maximum Gasteiger partial charge on any atom is 0.416 e. The molecule has 0 fully saturated rings. The molecule has 0 spiro atoms. The second-order valence-electron chi connectivity index (χ2n) is 7.03. The average molecular weight is 410 g/mol. The Balaban J connectivity index is 1.84. The Morgan fingerprint density at radius 3 is 2.47 bits per heavy atom. The molecule has 0 bridgehead atoms. The fraction of sp³-hybridized carbons (Fsp3) is 0.130. The Labute approximate surface area is 170 Å². The highest BCUT2D eigenvalue weighted by atomic mass is 19.4. The predicted octanol–water partition coefficient (Wildman–Crippen LogP) is 5.64. The first-order valence-corrected chi connectivity index (χ1v) is 9.20. The van der Waals surface area contributed by atoms with Crippen molar-refractivity contribution in [2.45, 2.75) is 19.5 Å². The lowest BCUT2D eigenvalue weighted by molar-refractivity contribution is -0.138. The number of aromatic nitrogens is 2. The van der Waals surface area contributed by atoms with Gasteiger partial charge in [0.1, 0.15) is 5.65 Å². The van der Waals surface area contributed by atoms with E-state index in [-0.39, 0.29) is 17.5 Å². The number of nitrogens with zero attached hydrogens (tertiary/aromatic N) is 2. The van der Waals surface area contributed by atoms with Gasteiger partial charge in [0.2, 0.25) is 0 Å². The molecule has 0 unspecified atom stereocenters. The highest BCUT2D eigenvalue weighted by molar-refractivity contribution is 5.88. The van der Waals surface area contributed by atoms with Crippen LogP contribution >= 0.6 is 0 Å². The van der Waals surface area contributed by atoms with Gasteiger partial charge in [-0.25, -0.2) is 9.78 Å². The van der Waals surface area contributed by atoms with E-state index in [4.69, 9.17) is 5.11 Å². The van der Waals surface area contributed by atoms with Gasteiger partial charge in [0, 0.05) is 29.9 Å². The lowest BCUT2D eigenvalue weighted by Crippen LogP contribution is -2.10. The molecule has 0 aliphatic rings. The average Bonchev–Trinajstić information content (AvgIpc) is 3.07. The lowest BCUT2D eigenvalue weighted by Gasteiger charge is -2.15. The molecule has 0 radical (unpaired) electrons. The molecule has 0 aliphatic carbocycles. The number of carboxylic acid groups (broad SMARTS) is 1. The molecule has 4 aromatic rings. The Morgan fingerprint density at radius 2 is 1.80 bits per heavy atom. The molecule has 2 heterocycles. The molecular formula is C23H17F3N2O2. The number of carboxylic acids is 1. The van der Waals surface area contributed by atoms with Crippen LogP contribution in [0, 0.1) is 6.92 Å². The van der Waals surface area contributed by atoms with Crippen molar-refractivity contribution in [2.24, 2.45) is 0 Å². The lowest BCUT2D eigenvalue weighted by atomic mass is 9.95. The van der Waals surface area contributed by atoms with Gasteiger partial charge in [-0.15, -0.1) is 0 Å². The number of halogens is 3. The summed E-state index contributed by atoms with van der Waals surface area (Å²) in [7, 11) is 0. The van der Waals surface area contributed by atoms with Gasteiger partial charge in [-0.3, -0.25) is 0 Å². The number of aryl methyl sites for hydroxylation is 1. The van der Waals surface area contributed by atoms with Crippen LogP contribution in [0.25, 0.3) is 16.7 Å². The number of carbonyl (C=O) groups is 1. The van der Waals surface area contributed by atoms with E-state index in [2.05, 4.69) is 4.98 Å². The number of pyridine rings is 1. The van der Waals surface area contributed by atoms with Crippen LogP contribution in [-0.4, -0.2) is 20.6 Å². The molecule has 2 aromatic heterocycles. The van der Waals surface area contributed by atoms with Crippen LogP contribution in [-0.2, 0) is 12.6 Å². The van der Waals surface area contributed by atoms with Crippen molar-refractivity contribution >= 4 is 17.0 Å². The van der Waals surface area contributed by atoms with Gasteiger partial charge < -0.3 is 9.67 Å². The second-order valence-corrected chi connectivity index (χ2v) is 7.03. The maximum absolute atomic E-state index is 13.6. The summed E-state index contributed by atoms with van der Waals surface area (Å²) in [6, 6.07) is 14.0. The van der Waals surface area contributed by atoms with Crippen LogP contribution < -0.4 is 0 Å². The molecular weight excluding hydrogens is 393 g/mol. The molecule has 152 valence electrons. The van der Waals surface area contributed by atoms with Crippen LogP contribution in [0.1, 0.15) is 32.6 Å². The Morgan fingerprint density at radius 1 is 1.07 bits per heavy atom. The van der Waals surface area contributed by atoms with E-state index in [1.54, 1.807) is 48.1 Å². The predicted molar refractivity (Wildman–Crippen MR) is 107 cm³/mol. The van der Waals surface area contributed by atoms with Crippen molar-refractivity contribution in [3.05, 3.63) is 94.8 Å². The smallest absolute Gasteiger partial charge is 0.416 e. The molecule has 2 aromatic carbocycles. The van der Waals surface area contributed by atoms with Gasteiger partial charge in [0.05, 0.1) is 11.1 Å². The van der Waals surface area contributed by atoms with E-state index >= 15 is 0 Å². The van der Waals surface area contributed by atoms with Crippen LogP contribution in [0.3, 0.4) is 0 Å². The second kappa shape index (κ2) is 7.33. The summed E-state index contributed by atoms with van der Waals surface area (Å²) >= 11 is 0. The van der Waals surface area contributed by atoms with Gasteiger partial charge in [-0.1, -0.05) is 12.1 Å². The quantitative estimate of drug-likeness (QED) is 0.474. The summed E-state index contributed by atoms with van der Waals surface area (Å²) < 4.78 is 42.4. The highest BCUT2D eigenvalue weighted by Crippen LogP contribution is 2.35. The van der Waals surface area contributed by atoms with Crippen molar-refractivity contribution in [1.29, 1.82) is 0 Å². The maximum atomic E-state index is 13.6. The molecule has 0 amide bonds. The van der Waals surface area contributed by atoms with E-state index in [0.29, 0.717) is 22.5 Å². The zero-order chi connectivity index (χ0) is 21.5. The van der Waals surface area contributed by atoms with Crippen molar-refractivity contribution in [2.75, 3.05) is 0 Å². The minimum atomic E-state index is -4.44. The van der Waals surface area contributed by atoms with Crippen molar-refractivity contribution < 1.29 is 23.1 Å². The van der Waals surface area contributed by atoms with Crippen molar-refractivity contribution in [3.63, 3.8) is 0 Å². The number of rotatable bonds is 4. The number of hydrogen-bond acceptors (Lipinski definition) is 2. The van der Waals surface area contributed by atoms with Gasteiger partial charge in [0.25, 0.3) is 0 Å². The van der Waals surface area contributed by atoms with E-state index in [9.17, 15) is 18.0 Å². The third-order valence-corrected chi connectivity index (χ3v) is 5.12. The van der Waals surface area contributed by atoms with Crippen molar-refractivity contribution in [3.8, 4) is 5.69 Å². The summed E-state index contributed by atoms with van der Waals surface area (Å²) in [5, 5.41) is 9.84. The zero-order valence-corrected chi connectivity index (χ0v) is 15.9. The first-order chi connectivity index (χ1) is 14.3. The number of alkyl halides is 3. The third kappa shape index (κ3) is 3.54. The first kappa shape index (κ1) is 19.7. The van der Waals surface area contributed by atoms with Crippen LogP contribution in [0.5, 0.6) is 0 Å². The topological polar surface area (TPSA) is 55.1 Å². The fourth-order valence-electron chi connectivity index (χ4n) is 3.62. The number of aromatic carboxylic acids is 1. The number of hydrogen-bond donors (Lipinski definition) is 1. The molecule has 4 nitrogen and oxygen atoms in total. The highest BCUT2D eigenvalue weighted by Gasteiger charge is 2.33. The van der Waals surface area contributed by atoms with E-state index in [0.717, 1.165) is 11.5 Å². The normalized spacial score (nSPS) is 11.7. The van der Waals surface area contributed by atoms with Crippen LogP contribution in [0.2, 0.25) is 0 Å². The van der Waals surface area contributed by atoms with Crippen molar-refractivity contribution in [1.82, 2.24) is 9.55 Å². The summed E-state index contributed by atoms with van der Waals surface area (Å²) in [6.45, 7) is 1.67. The van der Waals surface area contributed by atoms with Crippen LogP contribution in [0.15, 0.2) is 67.0 Å². The summed E-state index contributed by atoms with van der Waals surface area (Å²) in [5.41, 5.74) is 2.29. The molecule has 0 saturated heterocycles. The van der Waals surface area contributed by atoms with Crippen LogP contribution in [0.4, 0.5) is 13.2 Å². The van der Waals surface area contributed by atoms with Gasteiger partial charge >= 0.3 is 12.1 Å². The zero-order valence-electron chi connectivity index (χ0n) is 15.9. The summed E-state index contributed by atoms with van der Waals surface area (Å²) in [5.74, 6) is -1.03. The number of fused-ring (bicyclic) bond motifs is 1. The van der Waals surface area contributed by atoms with E-state index in [1.165, 1.54) is 18.2 Å². The summed E-state index contributed by atoms with van der Waals surface area (Å²) in [6.07, 6.45) is -0.961. The minimum Gasteiger partial charge on any atom is -0.478 e. The largest absolute Gasteiger partial charge is 0.478 e. The Bertz CT molecular complexity index is 1240.